The summed E-state index contributed by atoms with van der Waals surface area (Å²) in [6, 6.07) is 4.87. The molecule has 0 radical (unpaired) electrons. The number of rotatable bonds is 6. The van der Waals surface area contributed by atoms with E-state index in [4.69, 9.17) is 0 Å². The first-order valence-electron chi connectivity index (χ1n) is 8.92. The third kappa shape index (κ3) is 4.12. The Morgan fingerprint density at radius 3 is 2.41 bits per heavy atom. The first-order chi connectivity index (χ1) is 12.8. The number of halogens is 3. The molecular weight excluding hydrogens is 377 g/mol. The highest BCUT2D eigenvalue weighted by atomic mass is 32.2. The van der Waals surface area contributed by atoms with E-state index in [-0.39, 0.29) is 5.91 Å². The van der Waals surface area contributed by atoms with Gasteiger partial charge in [-0.05, 0) is 56.9 Å². The van der Waals surface area contributed by atoms with Crippen LogP contribution in [0.1, 0.15) is 56.0 Å². The number of carbonyl (C=O) groups is 1. The highest BCUT2D eigenvalue weighted by molar-refractivity contribution is 8.00. The van der Waals surface area contributed by atoms with Gasteiger partial charge < -0.3 is 9.88 Å². The van der Waals surface area contributed by atoms with Crippen molar-refractivity contribution in [3.05, 3.63) is 35.7 Å². The van der Waals surface area contributed by atoms with Crippen molar-refractivity contribution in [1.29, 1.82) is 0 Å². The van der Waals surface area contributed by atoms with Crippen LogP contribution in [0.3, 0.4) is 0 Å². The van der Waals surface area contributed by atoms with Gasteiger partial charge in [0.1, 0.15) is 5.82 Å². The molecule has 2 aromatic rings. The van der Waals surface area contributed by atoms with Gasteiger partial charge in [-0.1, -0.05) is 11.8 Å². The number of amides is 1. The summed E-state index contributed by atoms with van der Waals surface area (Å²) in [5.41, 5.74) is -0.407. The van der Waals surface area contributed by atoms with Crippen molar-refractivity contribution in [2.45, 2.75) is 61.1 Å². The Balaban J connectivity index is 1.41. The molecule has 0 saturated heterocycles. The van der Waals surface area contributed by atoms with E-state index in [0.29, 0.717) is 17.6 Å². The fourth-order valence-electron chi connectivity index (χ4n) is 2.86. The lowest BCUT2D eigenvalue weighted by Crippen LogP contribution is -2.23. The normalized spacial score (nSPS) is 18.4. The Morgan fingerprint density at radius 2 is 1.85 bits per heavy atom. The van der Waals surface area contributed by atoms with E-state index < -0.39 is 17.0 Å². The number of hydrogen-bond acceptors (Lipinski definition) is 4. The molecule has 4 rings (SSSR count). The summed E-state index contributed by atoms with van der Waals surface area (Å²) in [7, 11) is 0. The zero-order valence-electron chi connectivity index (χ0n) is 14.7. The highest BCUT2D eigenvalue weighted by Gasteiger charge is 2.37. The van der Waals surface area contributed by atoms with Gasteiger partial charge in [0, 0.05) is 17.6 Å². The molecule has 144 valence electrons. The van der Waals surface area contributed by atoms with Crippen molar-refractivity contribution in [2.75, 3.05) is 5.32 Å². The molecule has 0 aliphatic heterocycles. The largest absolute Gasteiger partial charge is 0.416 e. The molecule has 9 heteroatoms. The van der Waals surface area contributed by atoms with Crippen LogP contribution in [0.4, 0.5) is 18.9 Å². The second kappa shape index (κ2) is 6.85. The summed E-state index contributed by atoms with van der Waals surface area (Å²) in [5.74, 6) is 1.23. The number of benzene rings is 1. The van der Waals surface area contributed by atoms with Crippen molar-refractivity contribution in [3.8, 4) is 0 Å². The average Bonchev–Trinajstić information content (AvgIpc) is 3.53. The van der Waals surface area contributed by atoms with Crippen LogP contribution >= 0.6 is 11.8 Å². The number of carbonyl (C=O) groups excluding carboxylic acids is 1. The Morgan fingerprint density at radius 1 is 1.19 bits per heavy atom. The molecule has 0 bridgehead atoms. The second-order valence-electron chi connectivity index (χ2n) is 7.04. The van der Waals surface area contributed by atoms with Gasteiger partial charge in [-0.15, -0.1) is 10.2 Å². The van der Waals surface area contributed by atoms with E-state index in [9.17, 15) is 18.0 Å². The highest BCUT2D eigenvalue weighted by Crippen LogP contribution is 2.46. The summed E-state index contributed by atoms with van der Waals surface area (Å²) in [6.45, 7) is 1.76. The quantitative estimate of drug-likeness (QED) is 0.724. The van der Waals surface area contributed by atoms with Crippen LogP contribution in [-0.4, -0.2) is 25.9 Å². The third-order valence-corrected chi connectivity index (χ3v) is 5.73. The number of alkyl halides is 3. The van der Waals surface area contributed by atoms with Gasteiger partial charge in [0.25, 0.3) is 0 Å². The molecule has 27 heavy (non-hydrogen) atoms. The lowest BCUT2D eigenvalue weighted by Gasteiger charge is -2.14. The first-order valence-corrected chi connectivity index (χ1v) is 9.80. The maximum absolute atomic E-state index is 12.6. The summed E-state index contributed by atoms with van der Waals surface area (Å²) in [6.07, 6.45) is 0.103. The van der Waals surface area contributed by atoms with Crippen LogP contribution in [0.5, 0.6) is 0 Å². The second-order valence-corrected chi connectivity index (χ2v) is 8.35. The van der Waals surface area contributed by atoms with Gasteiger partial charge in [-0.25, -0.2) is 0 Å². The smallest absolute Gasteiger partial charge is 0.325 e. The standard InChI is InChI=1S/C18H19F3N4OS/c1-10(16(26)22-13-6-4-12(5-7-13)18(19,20)21)27-17-24-23-15(11-2-3-11)25(17)14-8-9-14/h4-7,10-11,14H,2-3,8-9H2,1H3,(H,22,26)/t10-/m0/s1. The van der Waals surface area contributed by atoms with Crippen LogP contribution in [-0.2, 0) is 11.0 Å². The summed E-state index contributed by atoms with van der Waals surface area (Å²) in [4.78, 5) is 12.4. The lowest BCUT2D eigenvalue weighted by molar-refractivity contribution is -0.137. The molecule has 2 aliphatic rings. The van der Waals surface area contributed by atoms with Crippen LogP contribution in [0.2, 0.25) is 0 Å². The van der Waals surface area contributed by atoms with E-state index in [0.717, 1.165) is 48.8 Å². The molecule has 1 atom stereocenters. The van der Waals surface area contributed by atoms with Gasteiger partial charge >= 0.3 is 6.18 Å². The van der Waals surface area contributed by atoms with E-state index in [1.807, 2.05) is 0 Å². The van der Waals surface area contributed by atoms with E-state index in [1.165, 1.54) is 23.9 Å². The monoisotopic (exact) mass is 396 g/mol. The molecule has 0 unspecified atom stereocenters. The average molecular weight is 396 g/mol. The van der Waals surface area contributed by atoms with Crippen molar-refractivity contribution in [1.82, 2.24) is 14.8 Å². The van der Waals surface area contributed by atoms with Crippen molar-refractivity contribution < 1.29 is 18.0 Å². The topological polar surface area (TPSA) is 59.8 Å². The summed E-state index contributed by atoms with van der Waals surface area (Å²) >= 11 is 1.34. The van der Waals surface area contributed by atoms with Gasteiger partial charge in [0.2, 0.25) is 5.91 Å². The molecule has 2 aliphatic carbocycles. The number of hydrogen-bond donors (Lipinski definition) is 1. The third-order valence-electron chi connectivity index (χ3n) is 4.68. The maximum Gasteiger partial charge on any atom is 0.416 e. The van der Waals surface area contributed by atoms with Crippen molar-refractivity contribution >= 4 is 23.4 Å². The van der Waals surface area contributed by atoms with Crippen LogP contribution in [0.25, 0.3) is 0 Å². The van der Waals surface area contributed by atoms with Crippen LogP contribution in [0.15, 0.2) is 29.4 Å². The maximum atomic E-state index is 12.6. The Hall–Kier alpha value is -2.03. The minimum absolute atomic E-state index is 0.280. The molecule has 1 aromatic heterocycles. The molecule has 2 saturated carbocycles. The lowest BCUT2D eigenvalue weighted by atomic mass is 10.2. The molecule has 1 amide bonds. The Labute approximate surface area is 158 Å². The number of nitrogens with zero attached hydrogens (tertiary/aromatic N) is 3. The zero-order valence-corrected chi connectivity index (χ0v) is 15.5. The molecule has 1 aromatic carbocycles. The summed E-state index contributed by atoms with van der Waals surface area (Å²) < 4.78 is 40.0. The SMILES string of the molecule is C[C@H](Sc1nnc(C2CC2)n1C1CC1)C(=O)Nc1ccc(C(F)(F)F)cc1. The number of aromatic nitrogens is 3. The van der Waals surface area contributed by atoms with Gasteiger partial charge in [0.05, 0.1) is 10.8 Å². The Kier molecular flexibility index (Phi) is 4.65. The molecule has 2 fully saturated rings. The van der Waals surface area contributed by atoms with Crippen LogP contribution < -0.4 is 5.32 Å². The van der Waals surface area contributed by atoms with Gasteiger partial charge in [-0.3, -0.25) is 4.79 Å². The molecule has 5 nitrogen and oxygen atoms in total. The van der Waals surface area contributed by atoms with Gasteiger partial charge in [0.15, 0.2) is 5.16 Å². The number of thioether (sulfide) groups is 1. The fraction of sp³-hybridized carbons (Fsp3) is 0.500. The van der Waals surface area contributed by atoms with E-state index >= 15 is 0 Å². The number of nitrogens with one attached hydrogen (secondary N) is 1. The summed E-state index contributed by atoms with van der Waals surface area (Å²) in [5, 5.41) is 11.6. The predicted molar refractivity (Wildman–Crippen MR) is 95.7 cm³/mol. The fourth-order valence-corrected chi connectivity index (χ4v) is 3.79. The molecule has 1 N–H and O–H groups in total. The van der Waals surface area contributed by atoms with E-state index in [2.05, 4.69) is 20.1 Å². The zero-order chi connectivity index (χ0) is 19.2. The minimum atomic E-state index is -4.39. The minimum Gasteiger partial charge on any atom is -0.325 e. The van der Waals surface area contributed by atoms with Gasteiger partial charge in [-0.2, -0.15) is 13.2 Å². The van der Waals surface area contributed by atoms with Crippen LogP contribution in [0, 0.1) is 0 Å². The van der Waals surface area contributed by atoms with Crippen molar-refractivity contribution in [2.24, 2.45) is 0 Å². The molecule has 1 heterocycles. The molecular formula is C18H19F3N4OS. The number of anilines is 1. The first kappa shape index (κ1) is 18.3. The predicted octanol–water partition coefficient (Wildman–Crippen LogP) is 4.63. The molecule has 0 spiro atoms. The Bertz CT molecular complexity index is 841. The van der Waals surface area contributed by atoms with E-state index in [1.54, 1.807) is 6.92 Å². The van der Waals surface area contributed by atoms with Crippen molar-refractivity contribution in [3.63, 3.8) is 0 Å².